The maximum atomic E-state index is 12.5. The maximum absolute atomic E-state index is 12.5. The number of ether oxygens (including phenoxy) is 2. The second-order valence-electron chi connectivity index (χ2n) is 7.53. The van der Waals surface area contributed by atoms with E-state index < -0.39 is 0 Å². The first kappa shape index (κ1) is 23.4. The summed E-state index contributed by atoms with van der Waals surface area (Å²) in [6.07, 6.45) is 0. The zero-order valence-corrected chi connectivity index (χ0v) is 20.1. The number of aromatic nitrogens is 3. The molecule has 0 radical (unpaired) electrons. The first-order chi connectivity index (χ1) is 16.6. The van der Waals surface area contributed by atoms with Gasteiger partial charge in [0, 0.05) is 12.2 Å². The number of carbonyl (C=O) groups excluding carboxylic acids is 1. The van der Waals surface area contributed by atoms with Gasteiger partial charge in [-0.05, 0) is 67.9 Å². The number of carbonyl (C=O) groups is 1. The summed E-state index contributed by atoms with van der Waals surface area (Å²) >= 11 is 1.35. The number of nitrogens with one attached hydrogen (secondary N) is 1. The molecule has 0 saturated carbocycles. The van der Waals surface area contributed by atoms with E-state index in [0.29, 0.717) is 29.0 Å². The highest BCUT2D eigenvalue weighted by molar-refractivity contribution is 7.99. The lowest BCUT2D eigenvalue weighted by molar-refractivity contribution is -0.113. The molecule has 0 unspecified atom stereocenters. The van der Waals surface area contributed by atoms with Crippen LogP contribution in [-0.4, -0.2) is 33.5 Å². The Morgan fingerprint density at radius 3 is 2.53 bits per heavy atom. The number of benzene rings is 3. The normalized spacial score (nSPS) is 10.7. The van der Waals surface area contributed by atoms with E-state index in [9.17, 15) is 4.79 Å². The summed E-state index contributed by atoms with van der Waals surface area (Å²) in [5.41, 5.74) is 2.70. The number of anilines is 1. The summed E-state index contributed by atoms with van der Waals surface area (Å²) in [5, 5.41) is 12.2. The molecule has 0 atom stereocenters. The lowest BCUT2D eigenvalue weighted by Crippen LogP contribution is -2.14. The van der Waals surface area contributed by atoms with Gasteiger partial charge in [-0.25, -0.2) is 0 Å². The number of amides is 1. The molecule has 3 aromatic carbocycles. The van der Waals surface area contributed by atoms with Crippen molar-refractivity contribution in [3.8, 4) is 28.6 Å². The van der Waals surface area contributed by atoms with Crippen LogP contribution < -0.4 is 14.8 Å². The van der Waals surface area contributed by atoms with Gasteiger partial charge in [-0.2, -0.15) is 0 Å². The van der Waals surface area contributed by atoms with Crippen LogP contribution in [0.2, 0.25) is 0 Å². The molecule has 1 N–H and O–H groups in total. The van der Waals surface area contributed by atoms with Gasteiger partial charge in [0.2, 0.25) is 5.91 Å². The lowest BCUT2D eigenvalue weighted by atomic mass is 10.2. The third-order valence-electron chi connectivity index (χ3n) is 5.08. The van der Waals surface area contributed by atoms with Crippen molar-refractivity contribution < 1.29 is 14.3 Å². The zero-order chi connectivity index (χ0) is 23.9. The molecule has 0 saturated heterocycles. The van der Waals surface area contributed by atoms with Crippen LogP contribution in [-0.2, 0) is 11.3 Å². The summed E-state index contributed by atoms with van der Waals surface area (Å²) in [6.45, 7) is 4.71. The minimum absolute atomic E-state index is 0.123. The SMILES string of the molecule is CCn1c(SCC(=O)Nc2ccc(Oc3cccc(C)c3)cc2)nnc1-c1ccccc1OC. The fourth-order valence-corrected chi connectivity index (χ4v) is 4.26. The van der Waals surface area contributed by atoms with Gasteiger partial charge in [0.05, 0.1) is 18.4 Å². The highest BCUT2D eigenvalue weighted by Gasteiger charge is 2.17. The van der Waals surface area contributed by atoms with Gasteiger partial charge in [0.25, 0.3) is 0 Å². The summed E-state index contributed by atoms with van der Waals surface area (Å²) in [4.78, 5) is 12.5. The van der Waals surface area contributed by atoms with Crippen molar-refractivity contribution >= 4 is 23.4 Å². The Morgan fingerprint density at radius 2 is 1.79 bits per heavy atom. The third kappa shape index (κ3) is 5.58. The molecule has 1 amide bonds. The van der Waals surface area contributed by atoms with Crippen LogP contribution in [0.25, 0.3) is 11.4 Å². The van der Waals surface area contributed by atoms with Gasteiger partial charge in [-0.15, -0.1) is 10.2 Å². The van der Waals surface area contributed by atoms with Crippen molar-refractivity contribution in [1.29, 1.82) is 0 Å². The van der Waals surface area contributed by atoms with Crippen LogP contribution >= 0.6 is 11.8 Å². The van der Waals surface area contributed by atoms with Crippen molar-refractivity contribution in [3.05, 3.63) is 78.4 Å². The number of methoxy groups -OCH3 is 1. The highest BCUT2D eigenvalue weighted by atomic mass is 32.2. The first-order valence-corrected chi connectivity index (χ1v) is 11.9. The third-order valence-corrected chi connectivity index (χ3v) is 6.04. The molecule has 4 aromatic rings. The Morgan fingerprint density at radius 1 is 1.00 bits per heavy atom. The van der Waals surface area contributed by atoms with E-state index in [0.717, 1.165) is 22.6 Å². The molecule has 7 nitrogen and oxygen atoms in total. The smallest absolute Gasteiger partial charge is 0.234 e. The van der Waals surface area contributed by atoms with Crippen LogP contribution in [0.1, 0.15) is 12.5 Å². The van der Waals surface area contributed by atoms with Crippen molar-refractivity contribution in [2.75, 3.05) is 18.2 Å². The molecule has 0 aliphatic rings. The van der Waals surface area contributed by atoms with Gasteiger partial charge < -0.3 is 19.4 Å². The fraction of sp³-hybridized carbons (Fsp3) is 0.192. The monoisotopic (exact) mass is 474 g/mol. The van der Waals surface area contributed by atoms with Crippen molar-refractivity contribution in [2.24, 2.45) is 0 Å². The van der Waals surface area contributed by atoms with E-state index in [2.05, 4.69) is 15.5 Å². The second kappa shape index (κ2) is 10.9. The van der Waals surface area contributed by atoms with Gasteiger partial charge in [-0.3, -0.25) is 4.79 Å². The van der Waals surface area contributed by atoms with Gasteiger partial charge in [0.15, 0.2) is 11.0 Å². The van der Waals surface area contributed by atoms with E-state index >= 15 is 0 Å². The first-order valence-electron chi connectivity index (χ1n) is 10.9. The number of para-hydroxylation sites is 1. The van der Waals surface area contributed by atoms with Crippen molar-refractivity contribution in [1.82, 2.24) is 14.8 Å². The van der Waals surface area contributed by atoms with Crippen LogP contribution in [0.3, 0.4) is 0 Å². The average Bonchev–Trinajstić information content (AvgIpc) is 3.26. The molecule has 1 heterocycles. The number of rotatable bonds is 9. The summed E-state index contributed by atoms with van der Waals surface area (Å²) < 4.78 is 13.3. The van der Waals surface area contributed by atoms with Gasteiger partial charge in [-0.1, -0.05) is 36.0 Å². The predicted molar refractivity (Wildman–Crippen MR) is 135 cm³/mol. The predicted octanol–water partition coefficient (Wildman–Crippen LogP) is 5.81. The molecule has 1 aromatic heterocycles. The Labute approximate surface area is 203 Å². The number of aryl methyl sites for hydroxylation is 1. The van der Waals surface area contributed by atoms with E-state index in [1.165, 1.54) is 11.8 Å². The Balaban J connectivity index is 1.36. The van der Waals surface area contributed by atoms with Crippen LogP contribution in [0.5, 0.6) is 17.2 Å². The van der Waals surface area contributed by atoms with Gasteiger partial charge >= 0.3 is 0 Å². The number of hydrogen-bond donors (Lipinski definition) is 1. The number of thioether (sulfide) groups is 1. The summed E-state index contributed by atoms with van der Waals surface area (Å²) in [5.74, 6) is 3.02. The topological polar surface area (TPSA) is 78.3 Å². The van der Waals surface area contributed by atoms with E-state index in [4.69, 9.17) is 9.47 Å². The zero-order valence-electron chi connectivity index (χ0n) is 19.3. The van der Waals surface area contributed by atoms with Crippen LogP contribution in [0, 0.1) is 6.92 Å². The fourth-order valence-electron chi connectivity index (χ4n) is 3.46. The lowest BCUT2D eigenvalue weighted by Gasteiger charge is -2.10. The minimum Gasteiger partial charge on any atom is -0.496 e. The average molecular weight is 475 g/mol. The maximum Gasteiger partial charge on any atom is 0.234 e. The minimum atomic E-state index is -0.123. The van der Waals surface area contributed by atoms with Crippen LogP contribution in [0.4, 0.5) is 5.69 Å². The quantitative estimate of drug-likeness (QED) is 0.309. The molecule has 0 bridgehead atoms. The second-order valence-corrected chi connectivity index (χ2v) is 8.47. The van der Waals surface area contributed by atoms with Crippen LogP contribution in [0.15, 0.2) is 78.0 Å². The van der Waals surface area contributed by atoms with Crippen molar-refractivity contribution in [3.63, 3.8) is 0 Å². The molecule has 0 spiro atoms. The van der Waals surface area contributed by atoms with Gasteiger partial charge in [0.1, 0.15) is 17.2 Å². The van der Waals surface area contributed by atoms with E-state index in [1.807, 2.05) is 91.2 Å². The standard InChI is InChI=1S/C26H26N4O3S/c1-4-30-25(22-10-5-6-11-23(22)32-3)28-29-26(30)34-17-24(31)27-19-12-14-20(15-13-19)33-21-9-7-8-18(2)16-21/h5-16H,4,17H2,1-3H3,(H,27,31). The summed E-state index contributed by atoms with van der Waals surface area (Å²) in [6, 6.07) is 22.8. The molecule has 4 rings (SSSR count). The largest absolute Gasteiger partial charge is 0.496 e. The highest BCUT2D eigenvalue weighted by Crippen LogP contribution is 2.31. The number of nitrogens with zero attached hydrogens (tertiary/aromatic N) is 3. The van der Waals surface area contributed by atoms with Crippen molar-refractivity contribution in [2.45, 2.75) is 25.5 Å². The number of hydrogen-bond acceptors (Lipinski definition) is 6. The molecule has 174 valence electrons. The molecular formula is C26H26N4O3S. The Hall–Kier alpha value is -3.78. The Kier molecular flexibility index (Phi) is 7.49. The Bertz CT molecular complexity index is 1270. The molecule has 0 aliphatic carbocycles. The molecular weight excluding hydrogens is 448 g/mol. The summed E-state index contributed by atoms with van der Waals surface area (Å²) in [7, 11) is 1.63. The molecule has 34 heavy (non-hydrogen) atoms. The van der Waals surface area contributed by atoms with E-state index in [-0.39, 0.29) is 11.7 Å². The molecule has 0 fully saturated rings. The van der Waals surface area contributed by atoms with E-state index in [1.54, 1.807) is 7.11 Å². The molecule has 0 aliphatic heterocycles. The molecule has 8 heteroatoms.